The van der Waals surface area contributed by atoms with Gasteiger partial charge in [-0.2, -0.15) is 0 Å². The van der Waals surface area contributed by atoms with Crippen molar-refractivity contribution < 1.29 is 23.1 Å². The molecule has 7 rings (SSSR count). The molecule has 2 fully saturated rings. The number of amides is 1. The molecule has 7 nitrogen and oxygen atoms in total. The fourth-order valence-electron chi connectivity index (χ4n) is 8.59. The molecule has 2 N–H and O–H groups in total. The second-order valence-corrected chi connectivity index (χ2v) is 15.6. The zero-order valence-corrected chi connectivity index (χ0v) is 25.2. The van der Waals surface area contributed by atoms with E-state index in [0.717, 1.165) is 51.4 Å². The van der Waals surface area contributed by atoms with Gasteiger partial charge in [0.25, 0.3) is 5.91 Å². The number of aryl methyl sites for hydroxylation is 1. The molecule has 2 aliphatic heterocycles. The Morgan fingerprint density at radius 1 is 1.05 bits per heavy atom. The summed E-state index contributed by atoms with van der Waals surface area (Å²) in [5, 5.41) is 11.5. The molecule has 1 spiro atoms. The Morgan fingerprint density at radius 3 is 2.74 bits per heavy atom. The van der Waals surface area contributed by atoms with E-state index in [-0.39, 0.29) is 16.9 Å². The van der Waals surface area contributed by atoms with Crippen LogP contribution in [0.3, 0.4) is 0 Å². The largest absolute Gasteiger partial charge is 0.490 e. The molecular weight excluding hydrogens is 548 g/mol. The van der Waals surface area contributed by atoms with Crippen LogP contribution in [0.4, 0.5) is 5.69 Å². The molecule has 2 aromatic rings. The second-order valence-electron chi connectivity index (χ2n) is 13.7. The van der Waals surface area contributed by atoms with E-state index in [4.69, 9.17) is 4.74 Å². The highest BCUT2D eigenvalue weighted by molar-refractivity contribution is 7.90. The first kappa shape index (κ1) is 28.0. The lowest BCUT2D eigenvalue weighted by Gasteiger charge is -2.47. The van der Waals surface area contributed by atoms with E-state index in [1.165, 1.54) is 11.1 Å². The number of aliphatic hydroxyl groups is 1. The molecule has 8 heteroatoms. The summed E-state index contributed by atoms with van der Waals surface area (Å²) in [4.78, 5) is 15.6. The second kappa shape index (κ2) is 10.4. The van der Waals surface area contributed by atoms with Crippen LogP contribution in [0.25, 0.3) is 0 Å². The summed E-state index contributed by atoms with van der Waals surface area (Å²) in [6.07, 6.45) is 12.4. The van der Waals surface area contributed by atoms with Gasteiger partial charge in [-0.15, -0.1) is 0 Å². The molecule has 0 saturated heterocycles. The van der Waals surface area contributed by atoms with Crippen molar-refractivity contribution in [1.29, 1.82) is 0 Å². The highest BCUT2D eigenvalue weighted by Gasteiger charge is 2.48. The number of nitrogens with zero attached hydrogens (tertiary/aromatic N) is 1. The molecule has 2 aromatic carbocycles. The molecule has 3 aliphatic carbocycles. The molecular formula is C34H42N2O5S. The normalized spacial score (nSPS) is 36.3. The number of anilines is 1. The molecule has 0 aromatic heterocycles. The highest BCUT2D eigenvalue weighted by atomic mass is 32.2. The first-order valence-corrected chi connectivity index (χ1v) is 17.2. The average Bonchev–Trinajstić information content (AvgIpc) is 3.28. The number of benzene rings is 2. The van der Waals surface area contributed by atoms with Crippen molar-refractivity contribution in [2.75, 3.05) is 18.1 Å². The first-order valence-electron chi connectivity index (χ1n) is 15.7. The first-order chi connectivity index (χ1) is 20.2. The molecule has 6 atom stereocenters. The van der Waals surface area contributed by atoms with Crippen LogP contribution in [0.15, 0.2) is 54.6 Å². The predicted molar refractivity (Wildman–Crippen MR) is 163 cm³/mol. The minimum absolute atomic E-state index is 0.108. The van der Waals surface area contributed by atoms with Crippen LogP contribution in [0.2, 0.25) is 0 Å². The Kier molecular flexibility index (Phi) is 6.93. The molecule has 2 heterocycles. The number of nitrogens with one attached hydrogen (secondary N) is 1. The lowest BCUT2D eigenvalue weighted by molar-refractivity contribution is 0.00916. The lowest BCUT2D eigenvalue weighted by Crippen LogP contribution is -2.53. The molecule has 224 valence electrons. The number of allylic oxidation sites excluding steroid dienone is 2. The number of rotatable bonds is 0. The van der Waals surface area contributed by atoms with Gasteiger partial charge in [-0.3, -0.25) is 4.79 Å². The van der Waals surface area contributed by atoms with Gasteiger partial charge >= 0.3 is 0 Å². The SMILES string of the molecule is CC12C/C=C\CC3CCC3C(O)N3CC4(CCCc5ccccc54)COc4ccc(cc43)C(=O)NS(=O)(=O)C1CCC2. The zero-order valence-electron chi connectivity index (χ0n) is 24.4. The highest BCUT2D eigenvalue weighted by Crippen LogP contribution is 2.49. The summed E-state index contributed by atoms with van der Waals surface area (Å²) in [5.41, 5.74) is 2.81. The maximum atomic E-state index is 13.6. The van der Waals surface area contributed by atoms with E-state index in [1.54, 1.807) is 18.2 Å². The number of carbonyl (C=O) groups is 1. The van der Waals surface area contributed by atoms with E-state index >= 15 is 0 Å². The maximum absolute atomic E-state index is 13.6. The smallest absolute Gasteiger partial charge is 0.264 e. The Balaban J connectivity index is 1.31. The molecule has 2 saturated carbocycles. The average molecular weight is 591 g/mol. The van der Waals surface area contributed by atoms with Crippen molar-refractivity contribution in [2.24, 2.45) is 17.3 Å². The number of carbonyl (C=O) groups excluding carboxylic acids is 1. The van der Waals surface area contributed by atoms with Crippen molar-refractivity contribution >= 4 is 21.6 Å². The summed E-state index contributed by atoms with van der Waals surface area (Å²) in [5.74, 6) is 0.451. The third-order valence-corrected chi connectivity index (χ3v) is 13.2. The van der Waals surface area contributed by atoms with E-state index < -0.39 is 32.8 Å². The fraction of sp³-hybridized carbons (Fsp3) is 0.559. The van der Waals surface area contributed by atoms with Gasteiger partial charge in [-0.25, -0.2) is 13.1 Å². The van der Waals surface area contributed by atoms with Gasteiger partial charge in [0.15, 0.2) is 0 Å². The number of hydrogen-bond donors (Lipinski definition) is 2. The summed E-state index contributed by atoms with van der Waals surface area (Å²) in [6.45, 7) is 3.09. The molecule has 5 aliphatic rings. The fourth-order valence-corrected chi connectivity index (χ4v) is 10.6. The minimum Gasteiger partial charge on any atom is -0.490 e. The third kappa shape index (κ3) is 4.66. The monoisotopic (exact) mass is 590 g/mol. The van der Waals surface area contributed by atoms with E-state index in [9.17, 15) is 18.3 Å². The number of hydrogen-bond acceptors (Lipinski definition) is 6. The van der Waals surface area contributed by atoms with E-state index in [1.807, 2.05) is 6.92 Å². The number of fused-ring (bicyclic) bond motifs is 5. The van der Waals surface area contributed by atoms with Gasteiger partial charge < -0.3 is 14.7 Å². The summed E-state index contributed by atoms with van der Waals surface area (Å²) in [6, 6.07) is 13.7. The van der Waals surface area contributed by atoms with Gasteiger partial charge in [-0.1, -0.05) is 49.8 Å². The minimum atomic E-state index is -3.89. The standard InChI is InChI=1S/C34H42N2O5S/c1-33-17-5-4-8-23-13-15-26(23)32(38)36-21-34(19-6-10-24-9-2-3-11-27(24)34)22-41-29-16-14-25(20-28(29)36)31(37)35-42(39,40)30(33)12-7-18-33/h2-5,9,11,14,16,20,23,26,30,32,38H,6-8,10,12-13,15,17-19,21-22H2,1H3,(H,35,37)/b5-4-. The zero-order chi connectivity index (χ0) is 29.1. The Bertz CT molecular complexity index is 1520. The van der Waals surface area contributed by atoms with Gasteiger partial charge in [0.2, 0.25) is 10.0 Å². The summed E-state index contributed by atoms with van der Waals surface area (Å²) < 4.78 is 36.1. The molecule has 1 amide bonds. The number of sulfonamides is 1. The van der Waals surface area contributed by atoms with Crippen LogP contribution in [-0.4, -0.2) is 44.1 Å². The van der Waals surface area contributed by atoms with Crippen LogP contribution in [-0.2, 0) is 21.9 Å². The number of ether oxygens (including phenoxy) is 1. The van der Waals surface area contributed by atoms with Crippen molar-refractivity contribution in [3.63, 3.8) is 0 Å². The molecule has 0 radical (unpaired) electrons. The van der Waals surface area contributed by atoms with Crippen molar-refractivity contribution in [2.45, 2.75) is 88.0 Å². The molecule has 42 heavy (non-hydrogen) atoms. The van der Waals surface area contributed by atoms with Crippen molar-refractivity contribution in [3.05, 3.63) is 71.3 Å². The number of aliphatic hydroxyl groups excluding tert-OH is 1. The maximum Gasteiger partial charge on any atom is 0.264 e. The van der Waals surface area contributed by atoms with Crippen molar-refractivity contribution in [3.8, 4) is 5.75 Å². The lowest BCUT2D eigenvalue weighted by atomic mass is 9.68. The van der Waals surface area contributed by atoms with E-state index in [0.29, 0.717) is 43.3 Å². The Morgan fingerprint density at radius 2 is 1.90 bits per heavy atom. The molecule has 2 bridgehead atoms. The van der Waals surface area contributed by atoms with Crippen LogP contribution in [0, 0.1) is 17.3 Å². The summed E-state index contributed by atoms with van der Waals surface area (Å²) >= 11 is 0. The topological polar surface area (TPSA) is 95.9 Å². The summed E-state index contributed by atoms with van der Waals surface area (Å²) in [7, 11) is -3.89. The van der Waals surface area contributed by atoms with Gasteiger partial charge in [-0.05, 0) is 98.4 Å². The predicted octanol–water partition coefficient (Wildman–Crippen LogP) is 5.47. The van der Waals surface area contributed by atoms with Crippen LogP contribution in [0.5, 0.6) is 5.75 Å². The van der Waals surface area contributed by atoms with Gasteiger partial charge in [0.05, 0.1) is 17.5 Å². The van der Waals surface area contributed by atoms with Crippen LogP contribution in [0.1, 0.15) is 86.2 Å². The quantitative estimate of drug-likeness (QED) is 0.395. The third-order valence-electron chi connectivity index (χ3n) is 11.2. The van der Waals surface area contributed by atoms with Crippen molar-refractivity contribution in [1.82, 2.24) is 4.72 Å². The van der Waals surface area contributed by atoms with Gasteiger partial charge in [0.1, 0.15) is 12.0 Å². The van der Waals surface area contributed by atoms with E-state index in [2.05, 4.69) is 46.0 Å². The van der Waals surface area contributed by atoms with Crippen LogP contribution >= 0.6 is 0 Å². The Hall–Kier alpha value is -2.84. The molecule has 6 unspecified atom stereocenters. The van der Waals surface area contributed by atoms with Crippen LogP contribution < -0.4 is 14.4 Å². The Labute approximate surface area is 249 Å². The van der Waals surface area contributed by atoms with Gasteiger partial charge in [0, 0.05) is 23.4 Å².